The van der Waals surface area contributed by atoms with Crippen LogP contribution in [0.5, 0.6) is 5.75 Å². The Morgan fingerprint density at radius 3 is 2.77 bits per heavy atom. The second kappa shape index (κ2) is 10.0. The van der Waals surface area contributed by atoms with E-state index in [9.17, 15) is 12.8 Å². The van der Waals surface area contributed by atoms with Gasteiger partial charge in [0.05, 0.1) is 24.7 Å². The maximum atomic E-state index is 14.0. The summed E-state index contributed by atoms with van der Waals surface area (Å²) in [6.45, 7) is 3.67. The average Bonchev–Trinajstić information content (AvgIpc) is 3.44. The number of aliphatic imine (C=N–C) groups is 1. The molecule has 1 saturated carbocycles. The molecule has 1 aliphatic heterocycles. The Hall–Kier alpha value is -1.74. The van der Waals surface area contributed by atoms with Crippen LogP contribution in [-0.4, -0.2) is 55.5 Å². The van der Waals surface area contributed by atoms with Crippen molar-refractivity contribution in [1.82, 2.24) is 4.90 Å². The molecule has 30 heavy (non-hydrogen) atoms. The van der Waals surface area contributed by atoms with Crippen molar-refractivity contribution in [2.75, 3.05) is 31.2 Å². The summed E-state index contributed by atoms with van der Waals surface area (Å²) in [6.07, 6.45) is 4.49. The molecule has 1 atom stereocenters. The zero-order chi connectivity index (χ0) is 21.7. The van der Waals surface area contributed by atoms with Crippen LogP contribution in [0.1, 0.15) is 50.5 Å². The van der Waals surface area contributed by atoms with Gasteiger partial charge >= 0.3 is 0 Å². The minimum atomic E-state index is -3.20. The van der Waals surface area contributed by atoms with Crippen LogP contribution in [-0.2, 0) is 9.84 Å². The third-order valence-corrected chi connectivity index (χ3v) is 7.71. The van der Waals surface area contributed by atoms with Crippen molar-refractivity contribution in [1.29, 1.82) is 0 Å². The van der Waals surface area contributed by atoms with E-state index in [-0.39, 0.29) is 23.2 Å². The van der Waals surface area contributed by atoms with Crippen molar-refractivity contribution >= 4 is 33.0 Å². The Morgan fingerprint density at radius 1 is 1.33 bits per heavy atom. The van der Waals surface area contributed by atoms with Gasteiger partial charge in [-0.2, -0.15) is 0 Å². The molecule has 0 spiro atoms. The Kier molecular flexibility index (Phi) is 7.68. The molecule has 1 aromatic carbocycles. The number of amidine groups is 1. The quantitative estimate of drug-likeness (QED) is 0.385. The summed E-state index contributed by atoms with van der Waals surface area (Å²) >= 11 is 5.13. The number of ether oxygens (including phenoxy) is 1. The minimum absolute atomic E-state index is 0.0429. The van der Waals surface area contributed by atoms with Gasteiger partial charge in [0.25, 0.3) is 0 Å². The van der Waals surface area contributed by atoms with Crippen molar-refractivity contribution in [2.45, 2.75) is 44.9 Å². The fraction of sp³-hybridized carbons (Fsp3) is 0.619. The third kappa shape index (κ3) is 6.91. The molecule has 1 heterocycles. The van der Waals surface area contributed by atoms with Crippen LogP contribution in [0, 0.1) is 11.7 Å². The fourth-order valence-electron chi connectivity index (χ4n) is 3.46. The summed E-state index contributed by atoms with van der Waals surface area (Å²) < 4.78 is 44.6. The van der Waals surface area contributed by atoms with E-state index in [1.807, 2.05) is 11.8 Å². The van der Waals surface area contributed by atoms with Crippen molar-refractivity contribution in [2.24, 2.45) is 16.6 Å². The van der Waals surface area contributed by atoms with E-state index in [0.29, 0.717) is 36.4 Å². The molecule has 1 fully saturated rings. The van der Waals surface area contributed by atoms with Gasteiger partial charge < -0.3 is 15.4 Å². The molecule has 0 saturated heterocycles. The summed E-state index contributed by atoms with van der Waals surface area (Å²) in [5.74, 6) is 0.830. The van der Waals surface area contributed by atoms with Crippen LogP contribution in [0.2, 0.25) is 0 Å². The summed E-state index contributed by atoms with van der Waals surface area (Å²) in [6, 6.07) is 4.65. The lowest BCUT2D eigenvalue weighted by molar-refractivity contribution is 0.285. The molecule has 1 aliphatic carbocycles. The molecule has 2 N–H and O–H groups in total. The van der Waals surface area contributed by atoms with Gasteiger partial charge in [-0.05, 0) is 67.4 Å². The number of hydrogen-bond acceptors (Lipinski definition) is 5. The van der Waals surface area contributed by atoms with Gasteiger partial charge in [-0.25, -0.2) is 17.8 Å². The Balaban J connectivity index is 1.41. The first-order valence-corrected chi connectivity index (χ1v) is 12.7. The van der Waals surface area contributed by atoms with Crippen LogP contribution in [0.4, 0.5) is 4.39 Å². The minimum Gasteiger partial charge on any atom is -0.490 e. The molecule has 0 unspecified atom stereocenters. The summed E-state index contributed by atoms with van der Waals surface area (Å²) in [7, 11) is -3.20. The second-order valence-electron chi connectivity index (χ2n) is 8.33. The summed E-state index contributed by atoms with van der Waals surface area (Å²) in [5, 5.41) is 0.508. The molecule has 1 aromatic rings. The van der Waals surface area contributed by atoms with Gasteiger partial charge in [-0.15, -0.1) is 0 Å². The highest BCUT2D eigenvalue weighted by Gasteiger charge is 2.23. The maximum absolute atomic E-state index is 14.0. The van der Waals surface area contributed by atoms with Crippen LogP contribution in [0.25, 0.3) is 0 Å². The zero-order valence-electron chi connectivity index (χ0n) is 17.3. The van der Waals surface area contributed by atoms with Gasteiger partial charge in [-0.3, -0.25) is 0 Å². The highest BCUT2D eigenvalue weighted by atomic mass is 32.2. The Bertz CT molecular complexity index is 901. The van der Waals surface area contributed by atoms with Crippen molar-refractivity contribution in [3.05, 3.63) is 29.6 Å². The molecule has 9 heteroatoms. The van der Waals surface area contributed by atoms with E-state index in [1.165, 1.54) is 6.07 Å². The van der Waals surface area contributed by atoms with Gasteiger partial charge in [0.1, 0.15) is 5.84 Å². The molecule has 0 amide bonds. The zero-order valence-corrected chi connectivity index (χ0v) is 19.0. The lowest BCUT2D eigenvalue weighted by Gasteiger charge is -2.16. The van der Waals surface area contributed by atoms with Gasteiger partial charge in [-0.1, -0.05) is 19.4 Å². The molecule has 6 nitrogen and oxygen atoms in total. The molecular formula is C21H30FN3O3S2. The van der Waals surface area contributed by atoms with Crippen LogP contribution in [0.15, 0.2) is 23.2 Å². The number of nitrogens with zero attached hydrogens (tertiary/aromatic N) is 2. The van der Waals surface area contributed by atoms with Crippen LogP contribution >= 0.6 is 12.2 Å². The molecule has 2 aliphatic rings. The Labute approximate surface area is 183 Å². The number of hydrogen-bond donors (Lipinski definition) is 1. The molecule has 0 radical (unpaired) electrons. The molecule has 0 aromatic heterocycles. The summed E-state index contributed by atoms with van der Waals surface area (Å²) in [5.41, 5.74) is 6.44. The predicted octanol–water partition coefficient (Wildman–Crippen LogP) is 3.26. The molecule has 3 rings (SSSR count). The first kappa shape index (κ1) is 22.9. The van der Waals surface area contributed by atoms with Gasteiger partial charge in [0.2, 0.25) is 0 Å². The number of unbranched alkanes of at least 4 members (excludes halogenated alkanes) is 2. The molecule has 0 bridgehead atoms. The average molecular weight is 456 g/mol. The van der Waals surface area contributed by atoms with E-state index in [1.54, 1.807) is 12.1 Å². The van der Waals surface area contributed by atoms with E-state index in [4.69, 9.17) is 22.7 Å². The number of sulfone groups is 1. The van der Waals surface area contributed by atoms with Gasteiger partial charge in [0.15, 0.2) is 26.5 Å². The van der Waals surface area contributed by atoms with Gasteiger partial charge in [0, 0.05) is 6.54 Å². The topological polar surface area (TPSA) is 85.0 Å². The SMILES string of the molecule is C[C@@H](CS(=O)(=O)CCCCCN1CC(N)=NC1=S)c1ccc(F)c(OCC2CC2)c1. The highest BCUT2D eigenvalue weighted by molar-refractivity contribution is 7.91. The van der Waals surface area contributed by atoms with Crippen molar-refractivity contribution in [3.63, 3.8) is 0 Å². The molecule has 166 valence electrons. The van der Waals surface area contributed by atoms with Crippen molar-refractivity contribution < 1.29 is 17.5 Å². The largest absolute Gasteiger partial charge is 0.490 e. The number of benzene rings is 1. The number of thiocarbonyl (C=S) groups is 1. The lowest BCUT2D eigenvalue weighted by Crippen LogP contribution is -2.29. The van der Waals surface area contributed by atoms with E-state index in [2.05, 4.69) is 4.99 Å². The molecular weight excluding hydrogens is 425 g/mol. The highest BCUT2D eigenvalue weighted by Crippen LogP contribution is 2.31. The second-order valence-corrected chi connectivity index (χ2v) is 10.9. The van der Waals surface area contributed by atoms with E-state index in [0.717, 1.165) is 37.8 Å². The normalized spacial score (nSPS) is 17.9. The monoisotopic (exact) mass is 455 g/mol. The maximum Gasteiger partial charge on any atom is 0.197 e. The van der Waals surface area contributed by atoms with Crippen LogP contribution < -0.4 is 10.5 Å². The number of nitrogens with two attached hydrogens (primary N) is 1. The van der Waals surface area contributed by atoms with Crippen LogP contribution in [0.3, 0.4) is 0 Å². The third-order valence-electron chi connectivity index (χ3n) is 5.45. The first-order chi connectivity index (χ1) is 14.2. The van der Waals surface area contributed by atoms with Crippen molar-refractivity contribution in [3.8, 4) is 5.75 Å². The van der Waals surface area contributed by atoms with E-state index < -0.39 is 15.7 Å². The lowest BCUT2D eigenvalue weighted by atomic mass is 10.0. The Morgan fingerprint density at radius 2 is 2.10 bits per heavy atom. The number of halogens is 1. The first-order valence-electron chi connectivity index (χ1n) is 10.5. The summed E-state index contributed by atoms with van der Waals surface area (Å²) in [4.78, 5) is 5.96. The number of rotatable bonds is 12. The van der Waals surface area contributed by atoms with E-state index >= 15 is 0 Å². The fourth-order valence-corrected chi connectivity index (χ4v) is 5.50. The smallest absolute Gasteiger partial charge is 0.197 e. The standard InChI is InChI=1S/C21H30FN3O3S2/c1-15(17-7-8-18(22)19(11-17)28-13-16-5-6-16)14-30(26,27)10-4-2-3-9-25-12-20(23)24-21(25)29/h7-8,11,15-16H,2-6,9-10,12-14H2,1H3,(H2,23,24,29)/t15-/m0/s1. The predicted molar refractivity (Wildman–Crippen MR) is 121 cm³/mol.